The second-order valence-electron chi connectivity index (χ2n) is 7.21. The van der Waals surface area contributed by atoms with E-state index in [0.717, 1.165) is 11.8 Å². The SMILES string of the molecule is CC(Oc1ccccc1F)c1nnc(SCC(=O)c2ccc(NC(=O)c3ccccc3)cc2)o1. The fourth-order valence-corrected chi connectivity index (χ4v) is 3.63. The second-order valence-corrected chi connectivity index (χ2v) is 8.13. The highest BCUT2D eigenvalue weighted by Gasteiger charge is 2.18. The molecule has 172 valence electrons. The van der Waals surface area contributed by atoms with E-state index in [2.05, 4.69) is 15.5 Å². The standard InChI is InChI=1S/C25H20FN3O4S/c1-16(32-22-10-6-5-9-20(22)26)24-28-29-25(33-24)34-15-21(30)17-11-13-19(14-12-17)27-23(31)18-7-3-2-4-8-18/h2-14,16H,15H2,1H3,(H,27,31). The van der Waals surface area contributed by atoms with E-state index in [4.69, 9.17) is 9.15 Å². The van der Waals surface area contributed by atoms with E-state index in [-0.39, 0.29) is 34.3 Å². The first-order valence-corrected chi connectivity index (χ1v) is 11.3. The van der Waals surface area contributed by atoms with Crippen LogP contribution in [0.15, 0.2) is 88.5 Å². The molecule has 0 saturated carbocycles. The van der Waals surface area contributed by atoms with Crippen LogP contribution in [-0.4, -0.2) is 27.6 Å². The van der Waals surface area contributed by atoms with Crippen molar-refractivity contribution in [1.82, 2.24) is 10.2 Å². The van der Waals surface area contributed by atoms with Crippen molar-refractivity contribution in [2.45, 2.75) is 18.3 Å². The number of nitrogens with zero attached hydrogens (tertiary/aromatic N) is 2. The second kappa shape index (κ2) is 10.8. The van der Waals surface area contributed by atoms with E-state index >= 15 is 0 Å². The van der Waals surface area contributed by atoms with Crippen LogP contribution in [0, 0.1) is 5.82 Å². The number of hydrogen-bond donors (Lipinski definition) is 1. The van der Waals surface area contributed by atoms with Gasteiger partial charge in [0.1, 0.15) is 0 Å². The number of halogens is 1. The lowest BCUT2D eigenvalue weighted by molar-refractivity contribution is 0.101. The summed E-state index contributed by atoms with van der Waals surface area (Å²) in [5.41, 5.74) is 1.62. The number of benzene rings is 3. The van der Waals surface area contributed by atoms with Crippen molar-refractivity contribution in [3.05, 3.63) is 102 Å². The topological polar surface area (TPSA) is 94.3 Å². The molecular weight excluding hydrogens is 457 g/mol. The minimum absolute atomic E-state index is 0.0832. The predicted molar refractivity (Wildman–Crippen MR) is 126 cm³/mol. The van der Waals surface area contributed by atoms with Crippen molar-refractivity contribution in [2.75, 3.05) is 11.1 Å². The molecule has 1 atom stereocenters. The van der Waals surface area contributed by atoms with Gasteiger partial charge in [-0.25, -0.2) is 4.39 Å². The molecular formula is C25H20FN3O4S. The number of ketones is 1. The van der Waals surface area contributed by atoms with E-state index in [0.29, 0.717) is 16.8 Å². The Balaban J connectivity index is 1.29. The number of Topliss-reactive ketones (excluding diaryl/α,β-unsaturated/α-hetero) is 1. The Morgan fingerprint density at radius 3 is 2.41 bits per heavy atom. The Morgan fingerprint density at radius 2 is 1.68 bits per heavy atom. The van der Waals surface area contributed by atoms with Crippen LogP contribution in [0.5, 0.6) is 5.75 Å². The molecule has 1 heterocycles. The Morgan fingerprint density at radius 1 is 0.971 bits per heavy atom. The Hall–Kier alpha value is -3.98. The molecule has 9 heteroatoms. The number of thioether (sulfide) groups is 1. The molecule has 0 radical (unpaired) electrons. The summed E-state index contributed by atoms with van der Waals surface area (Å²) in [5, 5.41) is 10.8. The van der Waals surface area contributed by atoms with Crippen LogP contribution in [0.3, 0.4) is 0 Å². The maximum Gasteiger partial charge on any atom is 0.277 e. The van der Waals surface area contributed by atoms with Crippen LogP contribution in [0.2, 0.25) is 0 Å². The first-order valence-electron chi connectivity index (χ1n) is 10.4. The quantitative estimate of drug-likeness (QED) is 0.249. The first kappa shape index (κ1) is 23.2. The third-order valence-electron chi connectivity index (χ3n) is 4.74. The number of rotatable bonds is 9. The molecule has 0 aliphatic rings. The minimum Gasteiger partial charge on any atom is -0.478 e. The lowest BCUT2D eigenvalue weighted by atomic mass is 10.1. The first-order chi connectivity index (χ1) is 16.5. The van der Waals surface area contributed by atoms with Crippen molar-refractivity contribution in [3.8, 4) is 5.75 Å². The van der Waals surface area contributed by atoms with Crippen LogP contribution in [0.25, 0.3) is 0 Å². The highest BCUT2D eigenvalue weighted by Crippen LogP contribution is 2.26. The largest absolute Gasteiger partial charge is 0.478 e. The summed E-state index contributed by atoms with van der Waals surface area (Å²) >= 11 is 1.09. The number of amides is 1. The normalized spacial score (nSPS) is 11.6. The average molecular weight is 478 g/mol. The van der Waals surface area contributed by atoms with Crippen molar-refractivity contribution >= 4 is 29.1 Å². The third-order valence-corrected chi connectivity index (χ3v) is 5.56. The van der Waals surface area contributed by atoms with Gasteiger partial charge in [-0.15, -0.1) is 10.2 Å². The average Bonchev–Trinajstić information content (AvgIpc) is 3.34. The van der Waals surface area contributed by atoms with Gasteiger partial charge in [0.25, 0.3) is 17.0 Å². The Bertz CT molecular complexity index is 1280. The highest BCUT2D eigenvalue weighted by molar-refractivity contribution is 7.99. The van der Waals surface area contributed by atoms with Crippen LogP contribution < -0.4 is 10.1 Å². The number of para-hydroxylation sites is 1. The number of carbonyl (C=O) groups is 2. The van der Waals surface area contributed by atoms with Gasteiger partial charge in [-0.3, -0.25) is 9.59 Å². The monoisotopic (exact) mass is 477 g/mol. The fraction of sp³-hybridized carbons (Fsp3) is 0.120. The summed E-state index contributed by atoms with van der Waals surface area (Å²) in [4.78, 5) is 24.8. The summed E-state index contributed by atoms with van der Waals surface area (Å²) in [6, 6.07) is 21.5. The highest BCUT2D eigenvalue weighted by atomic mass is 32.2. The van der Waals surface area contributed by atoms with Gasteiger partial charge in [-0.2, -0.15) is 0 Å². The zero-order valence-electron chi connectivity index (χ0n) is 18.1. The number of aromatic nitrogens is 2. The summed E-state index contributed by atoms with van der Waals surface area (Å²) < 4.78 is 24.8. The maximum atomic E-state index is 13.8. The fourth-order valence-electron chi connectivity index (χ4n) is 2.97. The lowest BCUT2D eigenvalue weighted by Gasteiger charge is -2.11. The summed E-state index contributed by atoms with van der Waals surface area (Å²) in [6.45, 7) is 1.66. The van der Waals surface area contributed by atoms with Gasteiger partial charge in [-0.1, -0.05) is 42.1 Å². The molecule has 0 aliphatic heterocycles. The molecule has 1 aromatic heterocycles. The van der Waals surface area contributed by atoms with E-state index in [9.17, 15) is 14.0 Å². The molecule has 0 spiro atoms. The molecule has 0 saturated heterocycles. The van der Waals surface area contributed by atoms with Crippen molar-refractivity contribution in [3.63, 3.8) is 0 Å². The predicted octanol–water partition coefficient (Wildman–Crippen LogP) is 5.58. The van der Waals surface area contributed by atoms with Gasteiger partial charge in [0, 0.05) is 16.8 Å². The molecule has 4 aromatic rings. The van der Waals surface area contributed by atoms with Crippen LogP contribution in [0.1, 0.15) is 39.6 Å². The molecule has 1 unspecified atom stereocenters. The van der Waals surface area contributed by atoms with E-state index < -0.39 is 11.9 Å². The third kappa shape index (κ3) is 5.87. The van der Waals surface area contributed by atoms with Crippen LogP contribution in [0.4, 0.5) is 10.1 Å². The zero-order valence-corrected chi connectivity index (χ0v) is 18.9. The van der Waals surface area contributed by atoms with Crippen molar-refractivity contribution in [2.24, 2.45) is 0 Å². The molecule has 0 bridgehead atoms. The minimum atomic E-state index is -0.659. The molecule has 1 N–H and O–H groups in total. The van der Waals surface area contributed by atoms with Crippen LogP contribution >= 0.6 is 11.8 Å². The molecule has 1 amide bonds. The zero-order chi connectivity index (χ0) is 23.9. The number of carbonyl (C=O) groups excluding carboxylic acids is 2. The number of nitrogens with one attached hydrogen (secondary N) is 1. The van der Waals surface area contributed by atoms with Crippen LogP contribution in [-0.2, 0) is 0 Å². The van der Waals surface area contributed by atoms with E-state index in [1.54, 1.807) is 67.6 Å². The molecule has 4 rings (SSSR count). The molecule has 3 aromatic carbocycles. The Kier molecular flexibility index (Phi) is 7.34. The number of ether oxygens (including phenoxy) is 1. The number of anilines is 1. The maximum absolute atomic E-state index is 13.8. The smallest absolute Gasteiger partial charge is 0.277 e. The van der Waals surface area contributed by atoms with E-state index in [1.165, 1.54) is 12.1 Å². The summed E-state index contributed by atoms with van der Waals surface area (Å²) in [6.07, 6.45) is -0.659. The van der Waals surface area contributed by atoms with Gasteiger partial charge in [-0.05, 0) is 55.5 Å². The summed E-state index contributed by atoms with van der Waals surface area (Å²) in [7, 11) is 0. The Labute approximate surface area is 199 Å². The van der Waals surface area contributed by atoms with Gasteiger partial charge < -0.3 is 14.5 Å². The van der Waals surface area contributed by atoms with E-state index in [1.807, 2.05) is 6.07 Å². The lowest BCUT2D eigenvalue weighted by Crippen LogP contribution is -2.11. The van der Waals surface area contributed by atoms with Gasteiger partial charge in [0.05, 0.1) is 5.75 Å². The number of hydrogen-bond acceptors (Lipinski definition) is 7. The summed E-state index contributed by atoms with van der Waals surface area (Å²) in [5.74, 6) is -0.505. The molecule has 0 fully saturated rings. The van der Waals surface area contributed by atoms with Gasteiger partial charge in [0.2, 0.25) is 0 Å². The van der Waals surface area contributed by atoms with Crippen molar-refractivity contribution < 1.29 is 23.1 Å². The van der Waals surface area contributed by atoms with Crippen molar-refractivity contribution in [1.29, 1.82) is 0 Å². The molecule has 7 nitrogen and oxygen atoms in total. The molecule has 34 heavy (non-hydrogen) atoms. The molecule has 0 aliphatic carbocycles. The van der Waals surface area contributed by atoms with Gasteiger partial charge in [0.15, 0.2) is 23.5 Å². The van der Waals surface area contributed by atoms with Gasteiger partial charge >= 0.3 is 0 Å².